The molecule has 3 aliphatic rings. The predicted molar refractivity (Wildman–Crippen MR) is 131 cm³/mol. The van der Waals surface area contributed by atoms with Crippen molar-refractivity contribution < 1.29 is 27.9 Å². The van der Waals surface area contributed by atoms with Gasteiger partial charge in [0.15, 0.2) is 0 Å². The quantitative estimate of drug-likeness (QED) is 0.618. The Morgan fingerprint density at radius 1 is 0.946 bits per heavy atom. The average molecular weight is 516 g/mol. The van der Waals surface area contributed by atoms with Crippen LogP contribution in [-0.4, -0.2) is 57.9 Å². The molecule has 37 heavy (non-hydrogen) atoms. The fraction of sp³-hybridized carbons (Fsp3) is 0.536. The highest BCUT2D eigenvalue weighted by Crippen LogP contribution is 2.34. The first-order chi connectivity index (χ1) is 17.7. The molecule has 1 aliphatic carbocycles. The van der Waals surface area contributed by atoms with Crippen LogP contribution in [0.1, 0.15) is 72.1 Å². The van der Waals surface area contributed by atoms with Crippen LogP contribution in [0.15, 0.2) is 36.4 Å². The summed E-state index contributed by atoms with van der Waals surface area (Å²) in [6.45, 7) is 1.99. The number of carbonyl (C=O) groups is 2. The first-order valence-electron chi connectivity index (χ1n) is 13.1. The van der Waals surface area contributed by atoms with Gasteiger partial charge in [0.1, 0.15) is 6.04 Å². The molecule has 0 radical (unpaired) electrons. The lowest BCUT2D eigenvalue weighted by molar-refractivity contribution is -0.144. The monoisotopic (exact) mass is 515 g/mol. The zero-order valence-corrected chi connectivity index (χ0v) is 20.7. The number of alkyl halides is 3. The number of carboxylic acids is 1. The minimum absolute atomic E-state index is 0.0379. The van der Waals surface area contributed by atoms with Crippen molar-refractivity contribution in [2.75, 3.05) is 26.2 Å². The number of carbonyl (C=O) groups excluding carboxylic acids is 1. The van der Waals surface area contributed by atoms with Crippen molar-refractivity contribution in [1.29, 1.82) is 0 Å². The van der Waals surface area contributed by atoms with Gasteiger partial charge in [0.2, 0.25) is 5.91 Å². The molecule has 6 nitrogen and oxygen atoms in total. The van der Waals surface area contributed by atoms with Crippen LogP contribution < -0.4 is 0 Å². The van der Waals surface area contributed by atoms with Gasteiger partial charge < -0.3 is 10.0 Å². The number of halogens is 3. The summed E-state index contributed by atoms with van der Waals surface area (Å²) in [5, 5.41) is 9.84. The van der Waals surface area contributed by atoms with Crippen LogP contribution in [0.25, 0.3) is 0 Å². The molecule has 1 amide bonds. The molecule has 1 aromatic heterocycles. The van der Waals surface area contributed by atoms with E-state index in [1.807, 2.05) is 4.90 Å². The van der Waals surface area contributed by atoms with E-state index in [1.54, 1.807) is 4.90 Å². The lowest BCUT2D eigenvalue weighted by atomic mass is 9.90. The van der Waals surface area contributed by atoms with E-state index in [4.69, 9.17) is 4.98 Å². The second-order valence-corrected chi connectivity index (χ2v) is 10.5. The van der Waals surface area contributed by atoms with Crippen molar-refractivity contribution in [2.24, 2.45) is 5.92 Å². The van der Waals surface area contributed by atoms with Gasteiger partial charge in [0, 0.05) is 43.5 Å². The maximum Gasteiger partial charge on any atom is 0.416 e. The summed E-state index contributed by atoms with van der Waals surface area (Å²) in [6.07, 6.45) is 2.34. The second kappa shape index (κ2) is 10.4. The SMILES string of the molecule is O=C(O)[C@@H](c1ccc(C(F)(F)F)cc1)N1CC[C@@H](C(=O)N2CCC(c3ccc4c(n3)CCCC4)CC2)C1. The highest BCUT2D eigenvalue weighted by molar-refractivity contribution is 5.80. The van der Waals surface area contributed by atoms with Gasteiger partial charge in [0.05, 0.1) is 11.5 Å². The summed E-state index contributed by atoms with van der Waals surface area (Å²) in [5.41, 5.74) is 3.19. The molecule has 5 rings (SSSR count). The molecule has 2 fully saturated rings. The maximum atomic E-state index is 13.3. The third-order valence-electron chi connectivity index (χ3n) is 8.15. The number of carboxylic acid groups (broad SMARTS) is 1. The first-order valence-corrected chi connectivity index (χ1v) is 13.1. The molecule has 0 unspecified atom stereocenters. The van der Waals surface area contributed by atoms with E-state index in [9.17, 15) is 27.9 Å². The van der Waals surface area contributed by atoms with Crippen LogP contribution in [0.5, 0.6) is 0 Å². The van der Waals surface area contributed by atoms with Crippen molar-refractivity contribution in [3.05, 3.63) is 64.5 Å². The maximum absolute atomic E-state index is 13.3. The molecule has 3 heterocycles. The normalized spacial score (nSPS) is 22.0. The highest BCUT2D eigenvalue weighted by Gasteiger charge is 2.39. The smallest absolute Gasteiger partial charge is 0.416 e. The van der Waals surface area contributed by atoms with Gasteiger partial charge in [-0.15, -0.1) is 0 Å². The summed E-state index contributed by atoms with van der Waals surface area (Å²) in [4.78, 5) is 33.8. The fourth-order valence-electron chi connectivity index (χ4n) is 6.07. The topological polar surface area (TPSA) is 73.7 Å². The molecule has 2 aliphatic heterocycles. The standard InChI is InChI=1S/C28H32F3N3O3/c29-28(30,31)22-8-5-20(6-9-22)25(27(36)37)34-16-13-21(17-34)26(35)33-14-11-19(12-15-33)24-10-7-18-3-1-2-4-23(18)32-24/h5-10,19,21,25H,1-4,11-17H2,(H,36,37)/t21-,25-/m1/s1. The molecule has 2 aromatic rings. The van der Waals surface area contributed by atoms with Gasteiger partial charge in [-0.1, -0.05) is 18.2 Å². The van der Waals surface area contributed by atoms with Crippen LogP contribution in [0.3, 0.4) is 0 Å². The lowest BCUT2D eigenvalue weighted by Gasteiger charge is -2.34. The number of hydrogen-bond acceptors (Lipinski definition) is 4. The van der Waals surface area contributed by atoms with Crippen LogP contribution in [0.4, 0.5) is 13.2 Å². The third kappa shape index (κ3) is 5.51. The van der Waals surface area contributed by atoms with Crippen molar-refractivity contribution in [3.63, 3.8) is 0 Å². The number of rotatable bonds is 5. The Bertz CT molecular complexity index is 1140. The van der Waals surface area contributed by atoms with Crippen molar-refractivity contribution in [1.82, 2.24) is 14.8 Å². The predicted octanol–water partition coefficient (Wildman–Crippen LogP) is 4.83. The van der Waals surface area contributed by atoms with Crippen LogP contribution >= 0.6 is 0 Å². The summed E-state index contributed by atoms with van der Waals surface area (Å²) in [5.74, 6) is -1.07. The van der Waals surface area contributed by atoms with Crippen LogP contribution in [0.2, 0.25) is 0 Å². The van der Waals surface area contributed by atoms with E-state index < -0.39 is 23.8 Å². The highest BCUT2D eigenvalue weighted by atomic mass is 19.4. The number of fused-ring (bicyclic) bond motifs is 1. The number of benzene rings is 1. The van der Waals surface area contributed by atoms with Gasteiger partial charge in [-0.05, 0) is 74.3 Å². The number of pyridine rings is 1. The van der Waals surface area contributed by atoms with Gasteiger partial charge >= 0.3 is 12.1 Å². The number of nitrogens with zero attached hydrogens (tertiary/aromatic N) is 3. The largest absolute Gasteiger partial charge is 0.480 e. The minimum Gasteiger partial charge on any atom is -0.480 e. The molecule has 198 valence electrons. The van der Waals surface area contributed by atoms with E-state index >= 15 is 0 Å². The zero-order chi connectivity index (χ0) is 26.2. The first kappa shape index (κ1) is 25.7. The molecule has 0 bridgehead atoms. The summed E-state index contributed by atoms with van der Waals surface area (Å²) >= 11 is 0. The Morgan fingerprint density at radius 3 is 2.32 bits per heavy atom. The van der Waals surface area contributed by atoms with E-state index in [2.05, 4.69) is 12.1 Å². The fourth-order valence-corrected chi connectivity index (χ4v) is 6.07. The summed E-state index contributed by atoms with van der Waals surface area (Å²) < 4.78 is 38.7. The summed E-state index contributed by atoms with van der Waals surface area (Å²) in [6, 6.07) is 7.54. The molecule has 2 atom stereocenters. The number of piperidine rings is 1. The van der Waals surface area contributed by atoms with Gasteiger partial charge in [0.25, 0.3) is 0 Å². The Hall–Kier alpha value is -2.94. The molecule has 0 saturated carbocycles. The molecule has 2 saturated heterocycles. The summed E-state index contributed by atoms with van der Waals surface area (Å²) in [7, 11) is 0. The third-order valence-corrected chi connectivity index (χ3v) is 8.15. The van der Waals surface area contributed by atoms with E-state index in [0.29, 0.717) is 32.0 Å². The van der Waals surface area contributed by atoms with Crippen LogP contribution in [0, 0.1) is 5.92 Å². The Labute approximate surface area is 214 Å². The van der Waals surface area contributed by atoms with Crippen LogP contribution in [-0.2, 0) is 28.6 Å². The average Bonchev–Trinajstić information content (AvgIpc) is 3.37. The number of amides is 1. The van der Waals surface area contributed by atoms with E-state index in [1.165, 1.54) is 36.2 Å². The van der Waals surface area contributed by atoms with E-state index in [-0.39, 0.29) is 23.9 Å². The Morgan fingerprint density at radius 2 is 1.65 bits per heavy atom. The number of likely N-dealkylation sites (tertiary alicyclic amines) is 2. The van der Waals surface area contributed by atoms with Gasteiger partial charge in [-0.2, -0.15) is 13.2 Å². The number of aliphatic carboxylic acids is 1. The molecule has 0 spiro atoms. The Balaban J connectivity index is 1.18. The van der Waals surface area contributed by atoms with Crippen molar-refractivity contribution in [2.45, 2.75) is 63.1 Å². The van der Waals surface area contributed by atoms with Crippen molar-refractivity contribution in [3.8, 4) is 0 Å². The Kier molecular flexibility index (Phi) is 7.25. The number of aryl methyl sites for hydroxylation is 2. The van der Waals surface area contributed by atoms with E-state index in [0.717, 1.165) is 43.5 Å². The minimum atomic E-state index is -4.48. The number of aromatic nitrogens is 1. The lowest BCUT2D eigenvalue weighted by Crippen LogP contribution is -2.42. The molecule has 9 heteroatoms. The molecule has 1 aromatic carbocycles. The molecule has 1 N–H and O–H groups in total. The molecular formula is C28H32F3N3O3. The number of hydrogen-bond donors (Lipinski definition) is 1. The molecular weight excluding hydrogens is 483 g/mol. The second-order valence-electron chi connectivity index (χ2n) is 10.5. The van der Waals surface area contributed by atoms with Crippen molar-refractivity contribution >= 4 is 11.9 Å². The van der Waals surface area contributed by atoms with Gasteiger partial charge in [-0.3, -0.25) is 19.5 Å². The van der Waals surface area contributed by atoms with Gasteiger partial charge in [-0.25, -0.2) is 0 Å². The zero-order valence-electron chi connectivity index (χ0n) is 20.7.